The number of aldehydes is 1. The lowest BCUT2D eigenvalue weighted by Crippen LogP contribution is -2.05. The highest BCUT2D eigenvalue weighted by molar-refractivity contribution is 5.74. The molecule has 2 aromatic rings. The van der Waals surface area contributed by atoms with Crippen molar-refractivity contribution in [2.75, 3.05) is 13.2 Å². The quantitative estimate of drug-likeness (QED) is 0.569. The number of carbonyl (C=O) groups is 1. The van der Waals surface area contributed by atoms with Gasteiger partial charge in [-0.3, -0.25) is 4.79 Å². The fourth-order valence-electron chi connectivity index (χ4n) is 1.79. The first-order valence-corrected chi connectivity index (χ1v) is 6.66. The zero-order valence-corrected chi connectivity index (χ0v) is 11.5. The summed E-state index contributed by atoms with van der Waals surface area (Å²) in [5.41, 5.74) is 1.79. The summed E-state index contributed by atoms with van der Waals surface area (Å²) in [4.78, 5) is 10.5. The van der Waals surface area contributed by atoms with Gasteiger partial charge in [0.1, 0.15) is 17.8 Å². The summed E-state index contributed by atoms with van der Waals surface area (Å²) in [7, 11) is 0. The van der Waals surface area contributed by atoms with Crippen LogP contribution in [0, 0.1) is 6.92 Å². The number of rotatable bonds is 7. The van der Waals surface area contributed by atoms with E-state index in [-0.39, 0.29) is 0 Å². The average Bonchev–Trinajstić information content (AvgIpc) is 2.49. The van der Waals surface area contributed by atoms with Crippen molar-refractivity contribution in [1.29, 1.82) is 0 Å². The van der Waals surface area contributed by atoms with Gasteiger partial charge in [-0.05, 0) is 42.8 Å². The van der Waals surface area contributed by atoms with Crippen LogP contribution in [0.3, 0.4) is 0 Å². The highest BCUT2D eigenvalue weighted by Crippen LogP contribution is 2.16. The molecule has 104 valence electrons. The van der Waals surface area contributed by atoms with Crippen LogP contribution in [0.1, 0.15) is 22.3 Å². The van der Waals surface area contributed by atoms with Crippen molar-refractivity contribution < 1.29 is 14.3 Å². The molecule has 0 aromatic heterocycles. The summed E-state index contributed by atoms with van der Waals surface area (Å²) < 4.78 is 11.3. The molecule has 2 aromatic carbocycles. The van der Waals surface area contributed by atoms with Crippen molar-refractivity contribution in [1.82, 2.24) is 0 Å². The van der Waals surface area contributed by atoms with Crippen LogP contribution in [0.2, 0.25) is 0 Å². The van der Waals surface area contributed by atoms with Gasteiger partial charge in [0.05, 0.1) is 13.2 Å². The van der Waals surface area contributed by atoms with Gasteiger partial charge in [0.15, 0.2) is 0 Å². The first kappa shape index (κ1) is 14.1. The van der Waals surface area contributed by atoms with E-state index < -0.39 is 0 Å². The number of ether oxygens (including phenoxy) is 2. The van der Waals surface area contributed by atoms with Gasteiger partial charge in [-0.2, -0.15) is 0 Å². The van der Waals surface area contributed by atoms with E-state index in [1.807, 2.05) is 31.2 Å². The Kier molecular flexibility index (Phi) is 5.18. The van der Waals surface area contributed by atoms with E-state index in [0.29, 0.717) is 18.8 Å². The van der Waals surface area contributed by atoms with Crippen LogP contribution in [0.15, 0.2) is 48.5 Å². The largest absolute Gasteiger partial charge is 0.493 e. The predicted molar refractivity (Wildman–Crippen MR) is 78.6 cm³/mol. The zero-order chi connectivity index (χ0) is 14.2. The van der Waals surface area contributed by atoms with Gasteiger partial charge in [-0.15, -0.1) is 0 Å². The summed E-state index contributed by atoms with van der Waals surface area (Å²) in [5, 5.41) is 0. The van der Waals surface area contributed by atoms with Crippen LogP contribution in [0.4, 0.5) is 0 Å². The van der Waals surface area contributed by atoms with Gasteiger partial charge in [-0.25, -0.2) is 0 Å². The topological polar surface area (TPSA) is 35.5 Å². The Morgan fingerprint density at radius 1 is 0.950 bits per heavy atom. The van der Waals surface area contributed by atoms with Crippen LogP contribution in [-0.4, -0.2) is 19.5 Å². The van der Waals surface area contributed by atoms with E-state index in [4.69, 9.17) is 9.47 Å². The number of carbonyl (C=O) groups excluding carboxylic acids is 1. The monoisotopic (exact) mass is 270 g/mol. The molecule has 20 heavy (non-hydrogen) atoms. The highest BCUT2D eigenvalue weighted by atomic mass is 16.5. The Hall–Kier alpha value is -2.29. The second-order valence-corrected chi connectivity index (χ2v) is 4.50. The van der Waals surface area contributed by atoms with Crippen LogP contribution in [0.25, 0.3) is 0 Å². The summed E-state index contributed by atoms with van der Waals surface area (Å²) in [5.74, 6) is 1.69. The SMILES string of the molecule is Cc1ccccc1OCCCOc1ccc(C=O)cc1. The number of para-hydroxylation sites is 1. The second kappa shape index (κ2) is 7.34. The maximum atomic E-state index is 10.5. The average molecular weight is 270 g/mol. The maximum Gasteiger partial charge on any atom is 0.150 e. The molecule has 3 heteroatoms. The van der Waals surface area contributed by atoms with E-state index in [9.17, 15) is 4.79 Å². The minimum Gasteiger partial charge on any atom is -0.493 e. The smallest absolute Gasteiger partial charge is 0.150 e. The lowest BCUT2D eigenvalue weighted by Gasteiger charge is -2.09. The summed E-state index contributed by atoms with van der Waals surface area (Å²) >= 11 is 0. The normalized spacial score (nSPS) is 10.1. The van der Waals surface area contributed by atoms with Crippen molar-refractivity contribution in [2.45, 2.75) is 13.3 Å². The third kappa shape index (κ3) is 4.12. The molecule has 3 nitrogen and oxygen atoms in total. The molecule has 0 amide bonds. The number of benzene rings is 2. The third-order valence-electron chi connectivity index (χ3n) is 2.92. The molecule has 0 fully saturated rings. The summed E-state index contributed by atoms with van der Waals surface area (Å²) in [6, 6.07) is 15.0. The van der Waals surface area contributed by atoms with Crippen LogP contribution in [0.5, 0.6) is 11.5 Å². The van der Waals surface area contributed by atoms with Gasteiger partial charge >= 0.3 is 0 Å². The Labute approximate surface area is 119 Å². The molecule has 2 rings (SSSR count). The van der Waals surface area contributed by atoms with Gasteiger partial charge < -0.3 is 9.47 Å². The molecular weight excluding hydrogens is 252 g/mol. The molecule has 0 saturated heterocycles. The Balaban J connectivity index is 1.68. The van der Waals surface area contributed by atoms with Gasteiger partial charge in [0.25, 0.3) is 0 Å². The second-order valence-electron chi connectivity index (χ2n) is 4.50. The molecular formula is C17H18O3. The van der Waals surface area contributed by atoms with Crippen molar-refractivity contribution in [3.8, 4) is 11.5 Å². The molecule has 0 N–H and O–H groups in total. The predicted octanol–water partition coefficient (Wildman–Crippen LogP) is 3.66. The fraction of sp³-hybridized carbons (Fsp3) is 0.235. The van der Waals surface area contributed by atoms with Gasteiger partial charge in [-0.1, -0.05) is 18.2 Å². The molecule has 0 bridgehead atoms. The zero-order valence-electron chi connectivity index (χ0n) is 11.5. The molecule has 0 atom stereocenters. The molecule has 0 unspecified atom stereocenters. The summed E-state index contributed by atoms with van der Waals surface area (Å²) in [6.07, 6.45) is 1.63. The third-order valence-corrected chi connectivity index (χ3v) is 2.92. The number of hydrogen-bond donors (Lipinski definition) is 0. The Bertz CT molecular complexity index is 546. The van der Waals surface area contributed by atoms with Crippen molar-refractivity contribution in [2.24, 2.45) is 0 Å². The first-order chi connectivity index (χ1) is 9.79. The Morgan fingerprint density at radius 2 is 1.65 bits per heavy atom. The van der Waals surface area contributed by atoms with E-state index >= 15 is 0 Å². The van der Waals surface area contributed by atoms with Crippen molar-refractivity contribution in [3.05, 3.63) is 59.7 Å². The summed E-state index contributed by atoms with van der Waals surface area (Å²) in [6.45, 7) is 3.24. The van der Waals surface area contributed by atoms with Crippen LogP contribution < -0.4 is 9.47 Å². The Morgan fingerprint density at radius 3 is 2.35 bits per heavy atom. The van der Waals surface area contributed by atoms with Gasteiger partial charge in [0, 0.05) is 12.0 Å². The lowest BCUT2D eigenvalue weighted by atomic mass is 10.2. The minimum absolute atomic E-state index is 0.590. The number of hydrogen-bond acceptors (Lipinski definition) is 3. The first-order valence-electron chi connectivity index (χ1n) is 6.66. The maximum absolute atomic E-state index is 10.5. The molecule has 0 radical (unpaired) electrons. The van der Waals surface area contributed by atoms with Crippen LogP contribution >= 0.6 is 0 Å². The van der Waals surface area contributed by atoms with Crippen molar-refractivity contribution >= 4 is 6.29 Å². The van der Waals surface area contributed by atoms with E-state index in [2.05, 4.69) is 0 Å². The van der Waals surface area contributed by atoms with Crippen LogP contribution in [-0.2, 0) is 0 Å². The van der Waals surface area contributed by atoms with Crippen molar-refractivity contribution in [3.63, 3.8) is 0 Å². The molecule has 0 aliphatic carbocycles. The number of aryl methyl sites for hydroxylation is 1. The minimum atomic E-state index is 0.590. The molecule has 0 saturated carbocycles. The molecule has 0 spiro atoms. The van der Waals surface area contributed by atoms with E-state index in [1.165, 1.54) is 0 Å². The fourth-order valence-corrected chi connectivity index (χ4v) is 1.79. The van der Waals surface area contributed by atoms with E-state index in [0.717, 1.165) is 29.8 Å². The lowest BCUT2D eigenvalue weighted by molar-refractivity contribution is 0.112. The molecule has 0 aliphatic heterocycles. The molecule has 0 aliphatic rings. The van der Waals surface area contributed by atoms with Gasteiger partial charge in [0.2, 0.25) is 0 Å². The highest BCUT2D eigenvalue weighted by Gasteiger charge is 1.98. The van der Waals surface area contributed by atoms with E-state index in [1.54, 1.807) is 24.3 Å². The molecule has 0 heterocycles. The standard InChI is InChI=1S/C17H18O3/c1-14-5-2-3-6-17(14)20-12-4-11-19-16-9-7-15(13-18)8-10-16/h2-3,5-10,13H,4,11-12H2,1H3.